The standard InChI is InChI=1S/C24H24FNO2S/c25-22-8-4-5-9-23(22)29-15-14-24(27)26-16-19-10-12-21(13-11-19)18-28-17-20-6-2-1-3-7-20/h1-13H,14-18H2,(H,26,27). The third kappa shape index (κ3) is 7.37. The Morgan fingerprint density at radius 3 is 2.17 bits per heavy atom. The lowest BCUT2D eigenvalue weighted by Gasteiger charge is -2.08. The van der Waals surface area contributed by atoms with E-state index in [1.54, 1.807) is 18.2 Å². The van der Waals surface area contributed by atoms with Crippen LogP contribution in [0.25, 0.3) is 0 Å². The molecule has 1 amide bonds. The molecule has 0 aromatic heterocycles. The highest BCUT2D eigenvalue weighted by molar-refractivity contribution is 7.99. The molecule has 0 spiro atoms. The van der Waals surface area contributed by atoms with Crippen LogP contribution in [-0.4, -0.2) is 11.7 Å². The lowest BCUT2D eigenvalue weighted by atomic mass is 10.1. The number of nitrogens with one attached hydrogen (secondary N) is 1. The average molecular weight is 410 g/mol. The summed E-state index contributed by atoms with van der Waals surface area (Å²) >= 11 is 1.36. The minimum absolute atomic E-state index is 0.0379. The maximum absolute atomic E-state index is 13.5. The lowest BCUT2D eigenvalue weighted by Crippen LogP contribution is -2.23. The molecule has 0 saturated carbocycles. The normalized spacial score (nSPS) is 10.7. The molecule has 0 heterocycles. The number of benzene rings is 3. The molecular formula is C24H24FNO2S. The smallest absolute Gasteiger partial charge is 0.221 e. The number of halogens is 1. The lowest BCUT2D eigenvalue weighted by molar-refractivity contribution is -0.120. The summed E-state index contributed by atoms with van der Waals surface area (Å²) in [5.74, 6) is 0.264. The largest absolute Gasteiger partial charge is 0.372 e. The van der Waals surface area contributed by atoms with Gasteiger partial charge in [0, 0.05) is 23.6 Å². The van der Waals surface area contributed by atoms with Gasteiger partial charge in [-0.2, -0.15) is 0 Å². The number of thioether (sulfide) groups is 1. The molecule has 1 N–H and O–H groups in total. The third-order valence-corrected chi connectivity index (χ3v) is 5.37. The Morgan fingerprint density at radius 2 is 1.45 bits per heavy atom. The van der Waals surface area contributed by atoms with Crippen molar-refractivity contribution in [1.82, 2.24) is 5.32 Å². The number of ether oxygens (including phenoxy) is 1. The Morgan fingerprint density at radius 1 is 0.828 bits per heavy atom. The first-order valence-corrected chi connectivity index (χ1v) is 10.5. The zero-order chi connectivity index (χ0) is 20.3. The van der Waals surface area contributed by atoms with Crippen LogP contribution in [0.4, 0.5) is 4.39 Å². The molecule has 0 bridgehead atoms. The van der Waals surface area contributed by atoms with Crippen molar-refractivity contribution in [3.05, 3.63) is 101 Å². The number of hydrogen-bond donors (Lipinski definition) is 1. The van der Waals surface area contributed by atoms with Crippen LogP contribution in [-0.2, 0) is 29.3 Å². The molecular weight excluding hydrogens is 385 g/mol. The van der Waals surface area contributed by atoms with Crippen LogP contribution in [0.15, 0.2) is 83.8 Å². The van der Waals surface area contributed by atoms with Gasteiger partial charge in [-0.1, -0.05) is 66.7 Å². The second-order valence-corrected chi connectivity index (χ2v) is 7.74. The van der Waals surface area contributed by atoms with E-state index in [-0.39, 0.29) is 11.7 Å². The first kappa shape index (κ1) is 21.1. The molecule has 0 aliphatic rings. The summed E-state index contributed by atoms with van der Waals surface area (Å²) in [6.07, 6.45) is 0.352. The number of carbonyl (C=O) groups excluding carboxylic acids is 1. The Hall–Kier alpha value is -2.63. The fourth-order valence-electron chi connectivity index (χ4n) is 2.72. The zero-order valence-corrected chi connectivity index (χ0v) is 17.0. The van der Waals surface area contributed by atoms with E-state index in [1.807, 2.05) is 54.6 Å². The van der Waals surface area contributed by atoms with E-state index < -0.39 is 0 Å². The van der Waals surface area contributed by atoms with E-state index in [2.05, 4.69) is 5.32 Å². The van der Waals surface area contributed by atoms with Crippen molar-refractivity contribution >= 4 is 17.7 Å². The quantitative estimate of drug-likeness (QED) is 0.459. The summed E-state index contributed by atoms with van der Waals surface area (Å²) in [6.45, 7) is 1.62. The molecule has 3 nitrogen and oxygen atoms in total. The van der Waals surface area contributed by atoms with E-state index in [4.69, 9.17) is 4.74 Å². The minimum atomic E-state index is -0.245. The van der Waals surface area contributed by atoms with Gasteiger partial charge in [-0.3, -0.25) is 4.79 Å². The van der Waals surface area contributed by atoms with Crippen molar-refractivity contribution in [2.24, 2.45) is 0 Å². The van der Waals surface area contributed by atoms with Crippen molar-refractivity contribution in [2.45, 2.75) is 31.1 Å². The van der Waals surface area contributed by atoms with Gasteiger partial charge >= 0.3 is 0 Å². The highest BCUT2D eigenvalue weighted by Gasteiger charge is 2.05. The molecule has 0 atom stereocenters. The summed E-state index contributed by atoms with van der Waals surface area (Å²) in [4.78, 5) is 12.6. The van der Waals surface area contributed by atoms with Crippen molar-refractivity contribution in [1.29, 1.82) is 0 Å². The van der Waals surface area contributed by atoms with Crippen LogP contribution in [0, 0.1) is 5.82 Å². The molecule has 0 aliphatic carbocycles. The van der Waals surface area contributed by atoms with Crippen LogP contribution in [0.3, 0.4) is 0 Å². The van der Waals surface area contributed by atoms with Gasteiger partial charge in [-0.05, 0) is 28.8 Å². The van der Waals surface area contributed by atoms with Crippen molar-refractivity contribution in [3.8, 4) is 0 Å². The van der Waals surface area contributed by atoms with Crippen LogP contribution in [0.1, 0.15) is 23.1 Å². The van der Waals surface area contributed by atoms with E-state index in [1.165, 1.54) is 17.8 Å². The highest BCUT2D eigenvalue weighted by Crippen LogP contribution is 2.21. The SMILES string of the molecule is O=C(CCSc1ccccc1F)NCc1ccc(COCc2ccccc2)cc1. The van der Waals surface area contributed by atoms with Crippen molar-refractivity contribution in [2.75, 3.05) is 5.75 Å². The Kier molecular flexibility index (Phi) is 8.28. The van der Waals surface area contributed by atoms with Crippen molar-refractivity contribution in [3.63, 3.8) is 0 Å². The molecule has 3 aromatic rings. The summed E-state index contributed by atoms with van der Waals surface area (Å²) in [5, 5.41) is 2.91. The second-order valence-electron chi connectivity index (χ2n) is 6.60. The van der Waals surface area contributed by atoms with Gasteiger partial charge in [0.25, 0.3) is 0 Å². The molecule has 3 aromatic carbocycles. The second kappa shape index (κ2) is 11.4. The summed E-state index contributed by atoms with van der Waals surface area (Å²) in [5.41, 5.74) is 3.28. The molecule has 3 rings (SSSR count). The van der Waals surface area contributed by atoms with E-state index in [0.29, 0.717) is 36.8 Å². The van der Waals surface area contributed by atoms with Crippen LogP contribution in [0.2, 0.25) is 0 Å². The molecule has 150 valence electrons. The van der Waals surface area contributed by atoms with E-state index >= 15 is 0 Å². The summed E-state index contributed by atoms with van der Waals surface area (Å²) in [7, 11) is 0. The van der Waals surface area contributed by atoms with Gasteiger partial charge in [0.1, 0.15) is 5.82 Å². The van der Waals surface area contributed by atoms with Gasteiger partial charge in [0.15, 0.2) is 0 Å². The fraction of sp³-hybridized carbons (Fsp3) is 0.208. The Balaban J connectivity index is 1.34. The number of amides is 1. The van der Waals surface area contributed by atoms with Gasteiger partial charge in [0.05, 0.1) is 13.2 Å². The minimum Gasteiger partial charge on any atom is -0.372 e. The molecule has 29 heavy (non-hydrogen) atoms. The van der Waals surface area contributed by atoms with Gasteiger partial charge in [-0.25, -0.2) is 4.39 Å². The summed E-state index contributed by atoms with van der Waals surface area (Å²) in [6, 6.07) is 24.7. The first-order chi connectivity index (χ1) is 14.2. The first-order valence-electron chi connectivity index (χ1n) is 9.54. The number of carbonyl (C=O) groups is 1. The topological polar surface area (TPSA) is 38.3 Å². The molecule has 0 fully saturated rings. The van der Waals surface area contributed by atoms with E-state index in [0.717, 1.165) is 16.7 Å². The maximum Gasteiger partial charge on any atom is 0.221 e. The van der Waals surface area contributed by atoms with Crippen LogP contribution >= 0.6 is 11.8 Å². The Labute approximate surface area is 175 Å². The molecule has 0 saturated heterocycles. The molecule has 0 unspecified atom stereocenters. The third-order valence-electron chi connectivity index (χ3n) is 4.32. The monoisotopic (exact) mass is 409 g/mol. The highest BCUT2D eigenvalue weighted by atomic mass is 32.2. The molecule has 0 radical (unpaired) electrons. The predicted molar refractivity (Wildman–Crippen MR) is 115 cm³/mol. The number of hydrogen-bond acceptors (Lipinski definition) is 3. The molecule has 0 aliphatic heterocycles. The predicted octanol–water partition coefficient (Wildman–Crippen LogP) is 5.34. The average Bonchev–Trinajstić information content (AvgIpc) is 2.75. The van der Waals surface area contributed by atoms with Gasteiger partial charge in [-0.15, -0.1) is 11.8 Å². The van der Waals surface area contributed by atoms with Crippen LogP contribution < -0.4 is 5.32 Å². The van der Waals surface area contributed by atoms with Crippen LogP contribution in [0.5, 0.6) is 0 Å². The number of rotatable bonds is 10. The maximum atomic E-state index is 13.5. The Bertz CT molecular complexity index is 900. The molecule has 5 heteroatoms. The summed E-state index contributed by atoms with van der Waals surface area (Å²) < 4.78 is 19.3. The van der Waals surface area contributed by atoms with E-state index in [9.17, 15) is 9.18 Å². The van der Waals surface area contributed by atoms with Gasteiger partial charge < -0.3 is 10.1 Å². The zero-order valence-electron chi connectivity index (χ0n) is 16.1. The van der Waals surface area contributed by atoms with Crippen molar-refractivity contribution < 1.29 is 13.9 Å². The fourth-order valence-corrected chi connectivity index (χ4v) is 3.61. The van der Waals surface area contributed by atoms with Gasteiger partial charge in [0.2, 0.25) is 5.91 Å².